The fourth-order valence-electron chi connectivity index (χ4n) is 1.96. The zero-order chi connectivity index (χ0) is 12.3. The third-order valence-electron chi connectivity index (χ3n) is 3.06. The Hall–Kier alpha value is -1.44. The van der Waals surface area contributed by atoms with E-state index in [2.05, 4.69) is 13.8 Å². The molecule has 0 bridgehead atoms. The van der Waals surface area contributed by atoms with Crippen molar-refractivity contribution in [3.05, 3.63) is 28.8 Å². The third-order valence-corrected chi connectivity index (χ3v) is 3.06. The molecule has 1 aromatic rings. The number of phenolic OH excluding ortho intramolecular Hbond substituents is 2. The Kier molecular flexibility index (Phi) is 3.99. The SMILES string of the molecule is CC.CC1=C(C)c2ccc(O)c(O)c2CC1. The summed E-state index contributed by atoms with van der Waals surface area (Å²) in [7, 11) is 0. The van der Waals surface area contributed by atoms with Crippen LogP contribution in [-0.4, -0.2) is 10.2 Å². The highest BCUT2D eigenvalue weighted by Crippen LogP contribution is 2.39. The number of hydrogen-bond acceptors (Lipinski definition) is 2. The number of phenols is 2. The third kappa shape index (κ3) is 2.06. The molecule has 0 saturated carbocycles. The highest BCUT2D eigenvalue weighted by Gasteiger charge is 2.18. The predicted octanol–water partition coefficient (Wildman–Crippen LogP) is 3.86. The topological polar surface area (TPSA) is 40.5 Å². The first-order chi connectivity index (χ1) is 7.61. The molecule has 0 saturated heterocycles. The van der Waals surface area contributed by atoms with E-state index < -0.39 is 0 Å². The molecular formula is C14H20O2. The summed E-state index contributed by atoms with van der Waals surface area (Å²) in [5.41, 5.74) is 4.54. The van der Waals surface area contributed by atoms with E-state index in [0.29, 0.717) is 0 Å². The number of benzene rings is 1. The number of rotatable bonds is 0. The van der Waals surface area contributed by atoms with Crippen molar-refractivity contribution in [2.75, 3.05) is 0 Å². The number of aromatic hydroxyl groups is 2. The molecule has 0 heterocycles. The minimum absolute atomic E-state index is 0.0175. The van der Waals surface area contributed by atoms with E-state index in [0.717, 1.165) is 24.0 Å². The van der Waals surface area contributed by atoms with Crippen LogP contribution in [0.5, 0.6) is 11.5 Å². The first-order valence-corrected chi connectivity index (χ1v) is 5.82. The molecule has 0 aromatic heterocycles. The van der Waals surface area contributed by atoms with E-state index >= 15 is 0 Å². The monoisotopic (exact) mass is 220 g/mol. The van der Waals surface area contributed by atoms with E-state index in [4.69, 9.17) is 0 Å². The first kappa shape index (κ1) is 12.6. The average Bonchev–Trinajstić information content (AvgIpc) is 2.31. The first-order valence-electron chi connectivity index (χ1n) is 5.82. The highest BCUT2D eigenvalue weighted by molar-refractivity contribution is 5.74. The molecular weight excluding hydrogens is 200 g/mol. The van der Waals surface area contributed by atoms with Gasteiger partial charge < -0.3 is 10.2 Å². The van der Waals surface area contributed by atoms with Crippen molar-refractivity contribution in [1.82, 2.24) is 0 Å². The van der Waals surface area contributed by atoms with Crippen molar-refractivity contribution in [2.24, 2.45) is 0 Å². The van der Waals surface area contributed by atoms with Gasteiger partial charge in [-0.25, -0.2) is 0 Å². The van der Waals surface area contributed by atoms with Crippen molar-refractivity contribution in [3.8, 4) is 11.5 Å². The van der Waals surface area contributed by atoms with Crippen molar-refractivity contribution in [3.63, 3.8) is 0 Å². The van der Waals surface area contributed by atoms with Gasteiger partial charge in [0.05, 0.1) is 0 Å². The molecule has 1 aliphatic rings. The molecule has 0 spiro atoms. The second-order valence-corrected chi connectivity index (χ2v) is 3.86. The summed E-state index contributed by atoms with van der Waals surface area (Å²) in [6, 6.07) is 3.43. The lowest BCUT2D eigenvalue weighted by molar-refractivity contribution is 0.399. The molecule has 2 heteroatoms. The highest BCUT2D eigenvalue weighted by atomic mass is 16.3. The molecule has 16 heavy (non-hydrogen) atoms. The van der Waals surface area contributed by atoms with Crippen molar-refractivity contribution < 1.29 is 10.2 Å². The lowest BCUT2D eigenvalue weighted by atomic mass is 9.86. The van der Waals surface area contributed by atoms with Crippen LogP contribution in [-0.2, 0) is 6.42 Å². The Morgan fingerprint density at radius 1 is 1.00 bits per heavy atom. The summed E-state index contributed by atoms with van der Waals surface area (Å²) in [6.45, 7) is 8.17. The van der Waals surface area contributed by atoms with Gasteiger partial charge in [0.15, 0.2) is 11.5 Å². The van der Waals surface area contributed by atoms with Gasteiger partial charge in [0, 0.05) is 5.56 Å². The Labute approximate surface area is 97.2 Å². The molecule has 88 valence electrons. The van der Waals surface area contributed by atoms with Gasteiger partial charge in [-0.3, -0.25) is 0 Å². The largest absolute Gasteiger partial charge is 0.504 e. The summed E-state index contributed by atoms with van der Waals surface area (Å²) in [6.07, 6.45) is 1.79. The van der Waals surface area contributed by atoms with Crippen molar-refractivity contribution in [1.29, 1.82) is 0 Å². The standard InChI is InChI=1S/C12H14O2.C2H6/c1-7-3-4-10-9(8(7)2)5-6-11(13)12(10)14;1-2/h5-6,13-14H,3-4H2,1-2H3;1-2H3. The molecule has 1 aromatic carbocycles. The van der Waals surface area contributed by atoms with Crippen LogP contribution in [0.15, 0.2) is 17.7 Å². The lowest BCUT2D eigenvalue weighted by Crippen LogP contribution is -2.01. The van der Waals surface area contributed by atoms with E-state index in [1.165, 1.54) is 11.1 Å². The zero-order valence-corrected chi connectivity index (χ0v) is 10.5. The van der Waals surface area contributed by atoms with Crippen LogP contribution in [0.25, 0.3) is 5.57 Å². The maximum Gasteiger partial charge on any atom is 0.161 e. The van der Waals surface area contributed by atoms with Gasteiger partial charge in [0.1, 0.15) is 0 Å². The average molecular weight is 220 g/mol. The second kappa shape index (κ2) is 5.06. The minimum atomic E-state index is -0.0175. The molecule has 2 N–H and O–H groups in total. The van der Waals surface area contributed by atoms with Gasteiger partial charge in [0.2, 0.25) is 0 Å². The molecule has 0 atom stereocenters. The van der Waals surface area contributed by atoms with Gasteiger partial charge in [-0.05, 0) is 43.9 Å². The molecule has 0 unspecified atom stereocenters. The summed E-state index contributed by atoms with van der Waals surface area (Å²) in [5, 5.41) is 19.0. The zero-order valence-electron chi connectivity index (χ0n) is 10.5. The number of fused-ring (bicyclic) bond motifs is 1. The van der Waals surface area contributed by atoms with Crippen LogP contribution < -0.4 is 0 Å². The Bertz CT molecular complexity index is 417. The Morgan fingerprint density at radius 2 is 1.62 bits per heavy atom. The van der Waals surface area contributed by atoms with Crippen molar-refractivity contribution >= 4 is 5.57 Å². The Balaban J connectivity index is 0.000000606. The van der Waals surface area contributed by atoms with Crippen LogP contribution in [0.4, 0.5) is 0 Å². The summed E-state index contributed by atoms with van der Waals surface area (Å²) < 4.78 is 0. The van der Waals surface area contributed by atoms with E-state index in [9.17, 15) is 10.2 Å². The molecule has 0 aliphatic heterocycles. The molecule has 1 aliphatic carbocycles. The van der Waals surface area contributed by atoms with E-state index in [1.807, 2.05) is 19.9 Å². The van der Waals surface area contributed by atoms with Crippen LogP contribution in [0, 0.1) is 0 Å². The quantitative estimate of drug-likeness (QED) is 0.652. The maximum atomic E-state index is 9.67. The normalized spacial score (nSPS) is 14.0. The van der Waals surface area contributed by atoms with Gasteiger partial charge in [-0.15, -0.1) is 0 Å². The van der Waals surface area contributed by atoms with E-state index in [-0.39, 0.29) is 11.5 Å². The van der Waals surface area contributed by atoms with Crippen LogP contribution >= 0.6 is 0 Å². The van der Waals surface area contributed by atoms with Crippen LogP contribution in [0.1, 0.15) is 45.2 Å². The number of hydrogen-bond donors (Lipinski definition) is 2. The van der Waals surface area contributed by atoms with Crippen molar-refractivity contribution in [2.45, 2.75) is 40.5 Å². The van der Waals surface area contributed by atoms with Gasteiger partial charge in [-0.1, -0.05) is 25.5 Å². The number of allylic oxidation sites excluding steroid dienone is 2. The molecule has 0 amide bonds. The Morgan fingerprint density at radius 3 is 2.25 bits per heavy atom. The second-order valence-electron chi connectivity index (χ2n) is 3.86. The minimum Gasteiger partial charge on any atom is -0.504 e. The van der Waals surface area contributed by atoms with Gasteiger partial charge in [-0.2, -0.15) is 0 Å². The van der Waals surface area contributed by atoms with Gasteiger partial charge >= 0.3 is 0 Å². The van der Waals surface area contributed by atoms with Gasteiger partial charge in [0.25, 0.3) is 0 Å². The predicted molar refractivity (Wildman–Crippen MR) is 67.7 cm³/mol. The molecule has 0 radical (unpaired) electrons. The summed E-state index contributed by atoms with van der Waals surface area (Å²) in [5.74, 6) is 0.0328. The lowest BCUT2D eigenvalue weighted by Gasteiger charge is -2.20. The molecule has 2 rings (SSSR count). The smallest absolute Gasteiger partial charge is 0.161 e. The molecule has 0 fully saturated rings. The van der Waals surface area contributed by atoms with Crippen LogP contribution in [0.2, 0.25) is 0 Å². The fourth-order valence-corrected chi connectivity index (χ4v) is 1.96. The molecule has 2 nitrogen and oxygen atoms in total. The summed E-state index contributed by atoms with van der Waals surface area (Å²) >= 11 is 0. The van der Waals surface area contributed by atoms with E-state index in [1.54, 1.807) is 6.07 Å². The fraction of sp³-hybridized carbons (Fsp3) is 0.429. The van der Waals surface area contributed by atoms with Crippen LogP contribution in [0.3, 0.4) is 0 Å². The maximum absolute atomic E-state index is 9.67. The summed E-state index contributed by atoms with van der Waals surface area (Å²) in [4.78, 5) is 0.